The van der Waals surface area contributed by atoms with E-state index in [0.717, 1.165) is 11.3 Å². The summed E-state index contributed by atoms with van der Waals surface area (Å²) >= 11 is 0. The van der Waals surface area contributed by atoms with Gasteiger partial charge < -0.3 is 11.1 Å². The molecule has 0 radical (unpaired) electrons. The number of carbonyl (C=O) groups is 1. The molecule has 0 aliphatic carbocycles. The molecule has 0 spiro atoms. The Hall–Kier alpha value is -2.21. The first-order chi connectivity index (χ1) is 9.13. The predicted molar refractivity (Wildman–Crippen MR) is 72.5 cm³/mol. The molecule has 1 heterocycles. The van der Waals surface area contributed by atoms with Gasteiger partial charge in [0.05, 0.1) is 6.54 Å². The van der Waals surface area contributed by atoms with Crippen LogP contribution in [0.4, 0.5) is 5.69 Å². The predicted octanol–water partition coefficient (Wildman–Crippen LogP) is 1.00. The highest BCUT2D eigenvalue weighted by atomic mass is 16.1. The molecule has 3 N–H and O–H groups in total. The van der Waals surface area contributed by atoms with E-state index in [1.54, 1.807) is 17.9 Å². The minimum absolute atomic E-state index is 0.0760. The summed E-state index contributed by atoms with van der Waals surface area (Å²) in [5.74, 6) is -0.0760. The number of aromatic nitrogens is 3. The molecule has 100 valence electrons. The molecule has 0 saturated carbocycles. The van der Waals surface area contributed by atoms with Crippen molar-refractivity contribution in [3.63, 3.8) is 0 Å². The average Bonchev–Trinajstić information content (AvgIpc) is 2.81. The lowest BCUT2D eigenvalue weighted by atomic mass is 10.2. The molecule has 0 aliphatic heterocycles. The SMILES string of the molecule is CC(N)CC(=O)Nc1cccc(Cn2cncn2)c1. The number of benzene rings is 1. The number of carbonyl (C=O) groups excluding carboxylic acids is 1. The van der Waals surface area contributed by atoms with E-state index in [0.29, 0.717) is 13.0 Å². The monoisotopic (exact) mass is 259 g/mol. The number of nitrogens with one attached hydrogen (secondary N) is 1. The van der Waals surface area contributed by atoms with Crippen LogP contribution in [0.1, 0.15) is 18.9 Å². The van der Waals surface area contributed by atoms with Crippen molar-refractivity contribution >= 4 is 11.6 Å². The maximum Gasteiger partial charge on any atom is 0.225 e. The fraction of sp³-hybridized carbons (Fsp3) is 0.308. The maximum absolute atomic E-state index is 11.6. The molecular formula is C13H17N5O. The first kappa shape index (κ1) is 13.2. The van der Waals surface area contributed by atoms with Crippen LogP contribution in [0.2, 0.25) is 0 Å². The van der Waals surface area contributed by atoms with Crippen molar-refractivity contribution in [2.75, 3.05) is 5.32 Å². The molecule has 1 amide bonds. The first-order valence-corrected chi connectivity index (χ1v) is 6.10. The summed E-state index contributed by atoms with van der Waals surface area (Å²) in [4.78, 5) is 15.5. The topological polar surface area (TPSA) is 85.8 Å². The Kier molecular flexibility index (Phi) is 4.25. The van der Waals surface area contributed by atoms with Gasteiger partial charge in [-0.15, -0.1) is 0 Å². The lowest BCUT2D eigenvalue weighted by Gasteiger charge is -2.09. The average molecular weight is 259 g/mol. The lowest BCUT2D eigenvalue weighted by molar-refractivity contribution is -0.116. The largest absolute Gasteiger partial charge is 0.327 e. The number of rotatable bonds is 5. The third kappa shape index (κ3) is 4.18. The molecule has 1 aromatic heterocycles. The van der Waals surface area contributed by atoms with E-state index in [1.165, 1.54) is 6.33 Å². The Balaban J connectivity index is 2.01. The molecule has 1 aromatic carbocycles. The van der Waals surface area contributed by atoms with Crippen LogP contribution >= 0.6 is 0 Å². The van der Waals surface area contributed by atoms with Crippen LogP contribution in [-0.2, 0) is 11.3 Å². The van der Waals surface area contributed by atoms with Gasteiger partial charge in [0.25, 0.3) is 0 Å². The molecule has 6 heteroatoms. The van der Waals surface area contributed by atoms with Gasteiger partial charge in [0, 0.05) is 18.2 Å². The van der Waals surface area contributed by atoms with Gasteiger partial charge in [-0.05, 0) is 24.6 Å². The van der Waals surface area contributed by atoms with E-state index >= 15 is 0 Å². The quantitative estimate of drug-likeness (QED) is 0.838. The fourth-order valence-corrected chi connectivity index (χ4v) is 1.75. The Morgan fingerprint density at radius 3 is 3.05 bits per heavy atom. The summed E-state index contributed by atoms with van der Waals surface area (Å²) in [5, 5.41) is 6.87. The molecule has 2 rings (SSSR count). The third-order valence-corrected chi connectivity index (χ3v) is 2.53. The molecule has 0 fully saturated rings. The van der Waals surface area contributed by atoms with E-state index in [-0.39, 0.29) is 11.9 Å². The highest BCUT2D eigenvalue weighted by Gasteiger charge is 2.06. The van der Waals surface area contributed by atoms with Gasteiger partial charge in [-0.25, -0.2) is 9.67 Å². The highest BCUT2D eigenvalue weighted by Crippen LogP contribution is 2.12. The van der Waals surface area contributed by atoms with Gasteiger partial charge in [-0.1, -0.05) is 12.1 Å². The van der Waals surface area contributed by atoms with Gasteiger partial charge in [-0.2, -0.15) is 5.10 Å². The number of amides is 1. The number of hydrogen-bond donors (Lipinski definition) is 2. The van der Waals surface area contributed by atoms with Crippen LogP contribution in [0, 0.1) is 0 Å². The lowest BCUT2D eigenvalue weighted by Crippen LogP contribution is -2.24. The summed E-state index contributed by atoms with van der Waals surface area (Å²) < 4.78 is 1.73. The van der Waals surface area contributed by atoms with Gasteiger partial charge in [-0.3, -0.25) is 4.79 Å². The third-order valence-electron chi connectivity index (χ3n) is 2.53. The zero-order valence-electron chi connectivity index (χ0n) is 10.8. The number of nitrogens with zero attached hydrogens (tertiary/aromatic N) is 3. The van der Waals surface area contributed by atoms with E-state index in [4.69, 9.17) is 5.73 Å². The van der Waals surface area contributed by atoms with Gasteiger partial charge in [0.1, 0.15) is 12.7 Å². The Labute approximate surface area is 111 Å². The first-order valence-electron chi connectivity index (χ1n) is 6.10. The number of nitrogens with two attached hydrogens (primary N) is 1. The van der Waals surface area contributed by atoms with Crippen molar-refractivity contribution in [3.05, 3.63) is 42.5 Å². The van der Waals surface area contributed by atoms with Crippen molar-refractivity contribution in [2.45, 2.75) is 25.9 Å². The normalized spacial score (nSPS) is 12.1. The Bertz CT molecular complexity index is 536. The second-order valence-corrected chi connectivity index (χ2v) is 4.52. The van der Waals surface area contributed by atoms with E-state index in [2.05, 4.69) is 15.4 Å². The second kappa shape index (κ2) is 6.10. The van der Waals surface area contributed by atoms with Crippen LogP contribution in [0.3, 0.4) is 0 Å². The summed E-state index contributed by atoms with van der Waals surface area (Å²) in [5.41, 5.74) is 7.40. The molecule has 19 heavy (non-hydrogen) atoms. The Morgan fingerprint density at radius 2 is 2.37 bits per heavy atom. The minimum atomic E-state index is -0.140. The zero-order valence-corrected chi connectivity index (χ0v) is 10.8. The second-order valence-electron chi connectivity index (χ2n) is 4.52. The molecule has 0 aliphatic rings. The summed E-state index contributed by atoms with van der Waals surface area (Å²) in [7, 11) is 0. The van der Waals surface area contributed by atoms with Gasteiger partial charge in [0.15, 0.2) is 0 Å². The van der Waals surface area contributed by atoms with Gasteiger partial charge >= 0.3 is 0 Å². The zero-order chi connectivity index (χ0) is 13.7. The van der Waals surface area contributed by atoms with Crippen LogP contribution in [0.15, 0.2) is 36.9 Å². The summed E-state index contributed by atoms with van der Waals surface area (Å²) in [6, 6.07) is 7.50. The molecular weight excluding hydrogens is 242 g/mol. The van der Waals surface area contributed by atoms with Gasteiger partial charge in [0.2, 0.25) is 5.91 Å². The Morgan fingerprint density at radius 1 is 1.53 bits per heavy atom. The minimum Gasteiger partial charge on any atom is -0.327 e. The van der Waals surface area contributed by atoms with E-state index in [9.17, 15) is 4.79 Å². The summed E-state index contributed by atoms with van der Waals surface area (Å²) in [6.07, 6.45) is 3.46. The molecule has 2 aromatic rings. The number of anilines is 1. The maximum atomic E-state index is 11.6. The van der Waals surface area contributed by atoms with Crippen molar-refractivity contribution in [1.29, 1.82) is 0 Å². The van der Waals surface area contributed by atoms with Crippen LogP contribution in [0.25, 0.3) is 0 Å². The molecule has 0 bridgehead atoms. The standard InChI is InChI=1S/C13H17N5O/c1-10(14)5-13(19)17-12-4-2-3-11(6-12)7-18-9-15-8-16-18/h2-4,6,8-10H,5,7,14H2,1H3,(H,17,19). The van der Waals surface area contributed by atoms with E-state index in [1.807, 2.05) is 24.3 Å². The fourth-order valence-electron chi connectivity index (χ4n) is 1.75. The molecule has 0 saturated heterocycles. The molecule has 1 atom stereocenters. The van der Waals surface area contributed by atoms with Crippen molar-refractivity contribution < 1.29 is 4.79 Å². The highest BCUT2D eigenvalue weighted by molar-refractivity contribution is 5.91. The molecule has 6 nitrogen and oxygen atoms in total. The van der Waals surface area contributed by atoms with Crippen molar-refractivity contribution in [2.24, 2.45) is 5.73 Å². The van der Waals surface area contributed by atoms with Crippen LogP contribution in [-0.4, -0.2) is 26.7 Å². The van der Waals surface area contributed by atoms with Crippen molar-refractivity contribution in [1.82, 2.24) is 14.8 Å². The van der Waals surface area contributed by atoms with Crippen LogP contribution in [0.5, 0.6) is 0 Å². The van der Waals surface area contributed by atoms with E-state index < -0.39 is 0 Å². The summed E-state index contributed by atoms with van der Waals surface area (Å²) in [6.45, 7) is 2.43. The number of hydrogen-bond acceptors (Lipinski definition) is 4. The van der Waals surface area contributed by atoms with Crippen LogP contribution < -0.4 is 11.1 Å². The molecule has 1 unspecified atom stereocenters. The van der Waals surface area contributed by atoms with Crippen molar-refractivity contribution in [3.8, 4) is 0 Å². The smallest absolute Gasteiger partial charge is 0.225 e.